The van der Waals surface area contributed by atoms with E-state index in [9.17, 15) is 9.18 Å². The van der Waals surface area contributed by atoms with Crippen LogP contribution < -0.4 is 25.0 Å². The highest BCUT2D eigenvalue weighted by atomic mass is 79.9. The molecule has 12 heteroatoms. The Morgan fingerprint density at radius 3 is 2.64 bits per heavy atom. The van der Waals surface area contributed by atoms with Crippen LogP contribution in [0.1, 0.15) is 31.2 Å². The topological polar surface area (TPSA) is 97.3 Å². The molecule has 0 radical (unpaired) electrons. The molecule has 9 nitrogen and oxygen atoms in total. The smallest absolute Gasteiger partial charge is 0.339 e. The summed E-state index contributed by atoms with van der Waals surface area (Å²) in [5.41, 5.74) is 3.65. The number of nitrogens with zero attached hydrogens (tertiary/aromatic N) is 3. The van der Waals surface area contributed by atoms with Crippen molar-refractivity contribution < 1.29 is 27.8 Å². The molecule has 1 aliphatic heterocycles. The first-order valence-corrected chi connectivity index (χ1v) is 15.0. The molecule has 0 saturated carbocycles. The molecule has 0 unspecified atom stereocenters. The molecule has 2 N–H and O–H groups in total. The number of halogens is 3. The number of hydrogen-bond acceptors (Lipinski definition) is 7. The lowest BCUT2D eigenvalue weighted by Crippen LogP contribution is -2.31. The van der Waals surface area contributed by atoms with E-state index in [2.05, 4.69) is 41.7 Å². The Labute approximate surface area is 262 Å². The Hall–Kier alpha value is -4.29. The number of nitrogens with one attached hydrogen (secondary N) is 2. The van der Waals surface area contributed by atoms with Gasteiger partial charge in [0.2, 0.25) is 0 Å². The predicted molar refractivity (Wildman–Crippen MR) is 169 cm³/mol. The molecule has 1 aromatic heterocycles. The maximum Gasteiger partial charge on any atom is 0.339 e. The highest BCUT2D eigenvalue weighted by Crippen LogP contribution is 2.37. The monoisotopic (exact) mass is 667 g/mol. The van der Waals surface area contributed by atoms with E-state index >= 15 is 4.39 Å². The molecule has 2 heterocycles. The molecule has 0 atom stereocenters. The van der Waals surface area contributed by atoms with Gasteiger partial charge in [-0.1, -0.05) is 6.42 Å². The molecule has 4 aromatic rings. The molecule has 5 rings (SSSR count). The third kappa shape index (κ3) is 8.20. The number of urea groups is 1. The van der Waals surface area contributed by atoms with Crippen molar-refractivity contribution in [2.75, 3.05) is 38.7 Å². The van der Waals surface area contributed by atoms with Crippen LogP contribution in [0.5, 0.6) is 23.0 Å². The molecule has 0 spiro atoms. The second-order valence-electron chi connectivity index (χ2n) is 10.2. The lowest BCUT2D eigenvalue weighted by Gasteiger charge is -2.26. The number of ether oxygens (including phenoxy) is 3. The van der Waals surface area contributed by atoms with Gasteiger partial charge >= 0.3 is 6.03 Å². The number of aromatic nitrogens is 1. The van der Waals surface area contributed by atoms with Gasteiger partial charge in [-0.05, 0) is 102 Å². The number of carbonyl (C=O) groups is 1. The first-order valence-electron chi connectivity index (χ1n) is 14.2. The molecule has 44 heavy (non-hydrogen) atoms. The van der Waals surface area contributed by atoms with Gasteiger partial charge in [0.15, 0.2) is 23.1 Å². The zero-order chi connectivity index (χ0) is 30.9. The summed E-state index contributed by atoms with van der Waals surface area (Å²) in [4.78, 5) is 19.0. The summed E-state index contributed by atoms with van der Waals surface area (Å²) in [6.45, 7) is 3.86. The van der Waals surface area contributed by atoms with Crippen LogP contribution in [0.15, 0.2) is 70.4 Å². The molecular formula is C32H32BrF2N5O4. The molecule has 230 valence electrons. The van der Waals surface area contributed by atoms with Crippen molar-refractivity contribution in [1.29, 1.82) is 0 Å². The SMILES string of the molecule is COc1cc2c(Oc3ccc(/C=N/NC(=O)Nc4ccc(F)cc4Br)cc3F)ccnc2cc1OCCCN1CCCCC1. The standard InChI is InChI=1S/C32H32BrF2N5O4/c1-42-30-18-23-27(19-31(30)43-15-5-14-40-12-3-2-4-13-40)36-11-10-28(23)44-29-9-6-21(16-25(29)35)20-37-39-32(41)38-26-8-7-22(34)17-24(26)33/h6-11,16-20H,2-5,12-15H2,1H3,(H2,38,39,41)/b37-20+. The number of anilines is 1. The molecule has 1 aliphatic rings. The lowest BCUT2D eigenvalue weighted by molar-refractivity contribution is 0.203. The number of amides is 2. The number of likely N-dealkylation sites (tertiary alicyclic amines) is 1. The maximum atomic E-state index is 15.0. The van der Waals surface area contributed by atoms with E-state index in [1.165, 1.54) is 55.8 Å². The summed E-state index contributed by atoms with van der Waals surface area (Å²) < 4.78 is 46.2. The molecule has 1 fully saturated rings. The fraction of sp³-hybridized carbons (Fsp3) is 0.281. The number of methoxy groups -OCH3 is 1. The number of pyridine rings is 1. The quantitative estimate of drug-likeness (QED) is 0.0978. The van der Waals surface area contributed by atoms with Crippen molar-refractivity contribution in [2.45, 2.75) is 25.7 Å². The summed E-state index contributed by atoms with van der Waals surface area (Å²) in [7, 11) is 1.57. The number of carbonyl (C=O) groups excluding carboxylic acids is 1. The van der Waals surface area contributed by atoms with E-state index in [0.717, 1.165) is 26.1 Å². The van der Waals surface area contributed by atoms with Crippen molar-refractivity contribution in [3.8, 4) is 23.0 Å². The number of rotatable bonds is 11. The van der Waals surface area contributed by atoms with Gasteiger partial charge in [0, 0.05) is 28.7 Å². The third-order valence-electron chi connectivity index (χ3n) is 7.05. The Morgan fingerprint density at radius 2 is 1.86 bits per heavy atom. The normalized spacial score (nSPS) is 13.6. The highest BCUT2D eigenvalue weighted by Gasteiger charge is 2.15. The van der Waals surface area contributed by atoms with Crippen LogP contribution >= 0.6 is 15.9 Å². The first kappa shape index (κ1) is 31.1. The van der Waals surface area contributed by atoms with Gasteiger partial charge in [0.25, 0.3) is 0 Å². The third-order valence-corrected chi connectivity index (χ3v) is 7.70. The van der Waals surface area contributed by atoms with Gasteiger partial charge in [-0.2, -0.15) is 5.10 Å². The van der Waals surface area contributed by atoms with Crippen molar-refractivity contribution in [3.05, 3.63) is 82.5 Å². The van der Waals surface area contributed by atoms with Crippen LogP contribution in [-0.2, 0) is 0 Å². The minimum Gasteiger partial charge on any atom is -0.493 e. The van der Waals surface area contributed by atoms with Crippen LogP contribution in [0.4, 0.5) is 19.3 Å². The fourth-order valence-corrected chi connectivity index (χ4v) is 5.30. The van der Waals surface area contributed by atoms with E-state index in [-0.39, 0.29) is 5.75 Å². The van der Waals surface area contributed by atoms with Gasteiger partial charge in [-0.15, -0.1) is 0 Å². The van der Waals surface area contributed by atoms with Gasteiger partial charge in [0.1, 0.15) is 11.6 Å². The molecule has 0 aliphatic carbocycles. The number of benzene rings is 3. The van der Waals surface area contributed by atoms with Crippen LogP contribution in [0.2, 0.25) is 0 Å². The first-order chi connectivity index (χ1) is 21.4. The minimum absolute atomic E-state index is 0.00137. The van der Waals surface area contributed by atoms with Crippen molar-refractivity contribution >= 4 is 44.8 Å². The fourth-order valence-electron chi connectivity index (χ4n) is 4.85. The average molecular weight is 669 g/mol. The van der Waals surface area contributed by atoms with Crippen molar-refractivity contribution in [1.82, 2.24) is 15.3 Å². The second kappa shape index (κ2) is 14.9. The number of piperidine rings is 1. The predicted octanol–water partition coefficient (Wildman–Crippen LogP) is 7.49. The van der Waals surface area contributed by atoms with Gasteiger partial charge in [-0.25, -0.2) is 19.0 Å². The summed E-state index contributed by atoms with van der Waals surface area (Å²) in [6.07, 6.45) is 7.61. The summed E-state index contributed by atoms with van der Waals surface area (Å²) >= 11 is 3.17. The highest BCUT2D eigenvalue weighted by molar-refractivity contribution is 9.10. The summed E-state index contributed by atoms with van der Waals surface area (Å²) in [6, 6.07) is 12.7. The zero-order valence-corrected chi connectivity index (χ0v) is 25.7. The van der Waals surface area contributed by atoms with Crippen LogP contribution in [0, 0.1) is 11.6 Å². The van der Waals surface area contributed by atoms with Gasteiger partial charge in [-0.3, -0.25) is 4.98 Å². The number of hydrogen-bond donors (Lipinski definition) is 2. The summed E-state index contributed by atoms with van der Waals surface area (Å²) in [5.74, 6) is 0.447. The Morgan fingerprint density at radius 1 is 1.02 bits per heavy atom. The van der Waals surface area contributed by atoms with Crippen LogP contribution in [0.3, 0.4) is 0 Å². The van der Waals surface area contributed by atoms with E-state index in [0.29, 0.717) is 50.5 Å². The van der Waals surface area contributed by atoms with Crippen LogP contribution in [0.25, 0.3) is 10.9 Å². The maximum absolute atomic E-state index is 15.0. The van der Waals surface area contributed by atoms with E-state index in [1.54, 1.807) is 37.6 Å². The zero-order valence-electron chi connectivity index (χ0n) is 24.1. The Balaban J connectivity index is 1.21. The number of hydrazone groups is 1. The molecule has 3 aromatic carbocycles. The van der Waals surface area contributed by atoms with E-state index in [1.807, 2.05) is 0 Å². The second-order valence-corrected chi connectivity index (χ2v) is 11.0. The number of fused-ring (bicyclic) bond motifs is 1. The minimum atomic E-state index is -0.653. The molecule has 0 bridgehead atoms. The van der Waals surface area contributed by atoms with Crippen molar-refractivity contribution in [3.63, 3.8) is 0 Å². The van der Waals surface area contributed by atoms with Crippen molar-refractivity contribution in [2.24, 2.45) is 5.10 Å². The largest absolute Gasteiger partial charge is 0.493 e. The Kier molecular flexibility index (Phi) is 10.6. The summed E-state index contributed by atoms with van der Waals surface area (Å²) in [5, 5.41) is 7.00. The van der Waals surface area contributed by atoms with Gasteiger partial charge in [0.05, 0.1) is 31.1 Å². The molecule has 1 saturated heterocycles. The lowest BCUT2D eigenvalue weighted by atomic mass is 10.1. The molecular weight excluding hydrogens is 636 g/mol. The average Bonchev–Trinajstić information content (AvgIpc) is 3.02. The molecule has 2 amide bonds. The van der Waals surface area contributed by atoms with Gasteiger partial charge < -0.3 is 24.4 Å². The van der Waals surface area contributed by atoms with E-state index < -0.39 is 17.7 Å². The van der Waals surface area contributed by atoms with Crippen LogP contribution in [-0.4, -0.2) is 55.5 Å². The Bertz CT molecular complexity index is 1650. The van der Waals surface area contributed by atoms with E-state index in [4.69, 9.17) is 14.2 Å².